The average Bonchev–Trinajstić information content (AvgIpc) is 3.26. The lowest BCUT2D eigenvalue weighted by Gasteiger charge is -2.42. The van der Waals surface area contributed by atoms with Crippen molar-refractivity contribution in [3.63, 3.8) is 0 Å². The molecule has 0 aromatic rings. The minimum Gasteiger partial charge on any atom is -0.462 e. The Hall–Kier alpha value is -1.50. The Balaban J connectivity index is 1.78. The van der Waals surface area contributed by atoms with Crippen molar-refractivity contribution < 1.29 is 73.8 Å². The minimum absolute atomic E-state index is 0.173. The molecule has 2 saturated heterocycles. The molecule has 2 fully saturated rings. The smallest absolute Gasteiger partial charge is 0.306 e. The molecule has 0 spiro atoms. The van der Waals surface area contributed by atoms with Crippen LogP contribution in [-0.4, -0.2) is 142 Å². The fourth-order valence-electron chi connectivity index (χ4n) is 7.98. The van der Waals surface area contributed by atoms with Crippen LogP contribution in [0.25, 0.3) is 0 Å². The van der Waals surface area contributed by atoms with Gasteiger partial charge in [0.05, 0.1) is 19.8 Å². The summed E-state index contributed by atoms with van der Waals surface area (Å²) in [5.41, 5.74) is 0. The predicted molar refractivity (Wildman–Crippen MR) is 234 cm³/mol. The second-order valence-corrected chi connectivity index (χ2v) is 17.7. The van der Waals surface area contributed by atoms with E-state index in [0.29, 0.717) is 12.8 Å². The van der Waals surface area contributed by atoms with Crippen molar-refractivity contribution in [2.45, 2.75) is 261 Å². The van der Waals surface area contributed by atoms with E-state index in [4.69, 9.17) is 28.4 Å². The number of unbranched alkanes of at least 4 members (excludes halogenated alkanes) is 24. The van der Waals surface area contributed by atoms with Gasteiger partial charge in [-0.1, -0.05) is 168 Å². The largest absolute Gasteiger partial charge is 0.462 e. The molecule has 15 heteroatoms. The van der Waals surface area contributed by atoms with Gasteiger partial charge in [-0.15, -0.1) is 0 Å². The molecular formula is C47H88O15. The number of carbonyl (C=O) groups excluding carboxylic acids is 2. The summed E-state index contributed by atoms with van der Waals surface area (Å²) in [5, 5.41) is 71.9. The molecule has 366 valence electrons. The van der Waals surface area contributed by atoms with Crippen LogP contribution in [0.4, 0.5) is 0 Å². The molecule has 0 aromatic carbocycles. The lowest BCUT2D eigenvalue weighted by Crippen LogP contribution is -2.61. The highest BCUT2D eigenvalue weighted by Crippen LogP contribution is 2.26. The zero-order valence-electron chi connectivity index (χ0n) is 38.4. The first kappa shape index (κ1) is 56.6. The Morgan fingerprint density at radius 1 is 0.452 bits per heavy atom. The van der Waals surface area contributed by atoms with Gasteiger partial charge in [0.1, 0.15) is 55.4 Å². The van der Waals surface area contributed by atoms with E-state index < -0.39 is 92.7 Å². The first-order chi connectivity index (χ1) is 30.0. The van der Waals surface area contributed by atoms with Gasteiger partial charge in [0.15, 0.2) is 18.7 Å². The van der Waals surface area contributed by atoms with E-state index in [-0.39, 0.29) is 26.1 Å². The van der Waals surface area contributed by atoms with Gasteiger partial charge in [-0.25, -0.2) is 0 Å². The number of carbonyl (C=O) groups is 2. The van der Waals surface area contributed by atoms with E-state index >= 15 is 0 Å². The molecule has 2 aliphatic heterocycles. The number of hydrogen-bond donors (Lipinski definition) is 7. The van der Waals surface area contributed by atoms with Crippen molar-refractivity contribution in [2.75, 3.05) is 26.4 Å². The summed E-state index contributed by atoms with van der Waals surface area (Å²) in [6.07, 6.45) is 14.4. The zero-order chi connectivity index (χ0) is 45.4. The fourth-order valence-corrected chi connectivity index (χ4v) is 7.98. The molecule has 11 unspecified atom stereocenters. The summed E-state index contributed by atoms with van der Waals surface area (Å²) in [5.74, 6) is -0.918. The van der Waals surface area contributed by atoms with Crippen LogP contribution < -0.4 is 0 Å². The van der Waals surface area contributed by atoms with E-state index in [1.807, 2.05) is 0 Å². The molecule has 0 bridgehead atoms. The summed E-state index contributed by atoms with van der Waals surface area (Å²) in [6.45, 7) is 2.57. The third-order valence-electron chi connectivity index (χ3n) is 12.1. The number of aliphatic hydroxyl groups is 7. The third kappa shape index (κ3) is 24.1. The summed E-state index contributed by atoms with van der Waals surface area (Å²) in [4.78, 5) is 25.6. The third-order valence-corrected chi connectivity index (χ3v) is 12.1. The maximum Gasteiger partial charge on any atom is 0.306 e. The van der Waals surface area contributed by atoms with Crippen LogP contribution in [0.5, 0.6) is 0 Å². The van der Waals surface area contributed by atoms with Crippen LogP contribution in [0.15, 0.2) is 0 Å². The lowest BCUT2D eigenvalue weighted by atomic mass is 9.98. The van der Waals surface area contributed by atoms with Crippen LogP contribution >= 0.6 is 0 Å². The molecule has 0 aromatic heterocycles. The van der Waals surface area contributed by atoms with Gasteiger partial charge in [-0.05, 0) is 12.8 Å². The Kier molecular flexibility index (Phi) is 32.6. The number of ether oxygens (including phenoxy) is 6. The van der Waals surface area contributed by atoms with E-state index in [2.05, 4.69) is 13.8 Å². The molecular weight excluding hydrogens is 805 g/mol. The molecule has 62 heavy (non-hydrogen) atoms. The van der Waals surface area contributed by atoms with E-state index in [0.717, 1.165) is 38.5 Å². The van der Waals surface area contributed by atoms with Crippen LogP contribution in [0.2, 0.25) is 0 Å². The average molecular weight is 893 g/mol. The second-order valence-electron chi connectivity index (χ2n) is 17.7. The molecule has 2 rings (SSSR count). The zero-order valence-corrected chi connectivity index (χ0v) is 38.4. The summed E-state index contributed by atoms with van der Waals surface area (Å²) in [6, 6.07) is 0. The van der Waals surface area contributed by atoms with Crippen molar-refractivity contribution in [1.29, 1.82) is 0 Å². The van der Waals surface area contributed by atoms with Crippen molar-refractivity contribution in [3.05, 3.63) is 0 Å². The van der Waals surface area contributed by atoms with Crippen LogP contribution in [0.1, 0.15) is 194 Å². The maximum atomic E-state index is 13.0. The Labute approximate surface area is 372 Å². The summed E-state index contributed by atoms with van der Waals surface area (Å²) < 4.78 is 33.5. The molecule has 0 aliphatic carbocycles. The van der Waals surface area contributed by atoms with Crippen LogP contribution in [-0.2, 0) is 38.0 Å². The number of rotatable bonds is 38. The van der Waals surface area contributed by atoms with Crippen molar-refractivity contribution in [2.24, 2.45) is 0 Å². The standard InChI is InChI=1S/C47H88O15/c1-3-5-7-9-11-13-14-15-16-17-18-19-20-21-22-24-26-28-30-39(50)60-35(32-57-38(49)29-27-25-23-12-10-8-6-4-2)33-58-46-45(56)43(54)41(52)37(62-46)34-59-47-44(55)42(53)40(51)36(31-48)61-47/h35-37,40-48,51-56H,3-34H2,1-2H3. The van der Waals surface area contributed by atoms with E-state index in [1.165, 1.54) is 116 Å². The highest BCUT2D eigenvalue weighted by atomic mass is 16.7. The van der Waals surface area contributed by atoms with Crippen molar-refractivity contribution in [1.82, 2.24) is 0 Å². The lowest BCUT2D eigenvalue weighted by molar-refractivity contribution is -0.332. The van der Waals surface area contributed by atoms with E-state index in [1.54, 1.807) is 0 Å². The van der Waals surface area contributed by atoms with Crippen molar-refractivity contribution in [3.8, 4) is 0 Å². The quantitative estimate of drug-likeness (QED) is 0.0277. The number of esters is 2. The molecule has 7 N–H and O–H groups in total. The first-order valence-corrected chi connectivity index (χ1v) is 24.6. The second kappa shape index (κ2) is 35.7. The van der Waals surface area contributed by atoms with Gasteiger partial charge in [-0.3, -0.25) is 9.59 Å². The monoisotopic (exact) mass is 893 g/mol. The van der Waals surface area contributed by atoms with Gasteiger partial charge >= 0.3 is 11.9 Å². The maximum absolute atomic E-state index is 13.0. The van der Waals surface area contributed by atoms with E-state index in [9.17, 15) is 45.3 Å². The normalized spacial score (nSPS) is 27.0. The molecule has 0 radical (unpaired) electrons. The van der Waals surface area contributed by atoms with Crippen LogP contribution in [0.3, 0.4) is 0 Å². The van der Waals surface area contributed by atoms with Gasteiger partial charge in [0.2, 0.25) is 0 Å². The highest BCUT2D eigenvalue weighted by molar-refractivity contribution is 5.70. The Morgan fingerprint density at radius 3 is 1.26 bits per heavy atom. The summed E-state index contributed by atoms with van der Waals surface area (Å²) >= 11 is 0. The van der Waals surface area contributed by atoms with Gasteiger partial charge in [0.25, 0.3) is 0 Å². The predicted octanol–water partition coefficient (Wildman–Crippen LogP) is 6.04. The van der Waals surface area contributed by atoms with Crippen LogP contribution in [0, 0.1) is 0 Å². The topological polar surface area (TPSA) is 231 Å². The molecule has 2 heterocycles. The molecule has 0 saturated carbocycles. The molecule has 0 amide bonds. The first-order valence-electron chi connectivity index (χ1n) is 24.6. The summed E-state index contributed by atoms with van der Waals surface area (Å²) in [7, 11) is 0. The van der Waals surface area contributed by atoms with Gasteiger partial charge < -0.3 is 64.2 Å². The highest BCUT2D eigenvalue weighted by Gasteiger charge is 2.47. The van der Waals surface area contributed by atoms with Crippen molar-refractivity contribution >= 4 is 11.9 Å². The van der Waals surface area contributed by atoms with Gasteiger partial charge in [-0.2, -0.15) is 0 Å². The number of aliphatic hydroxyl groups excluding tert-OH is 7. The minimum atomic E-state index is -1.76. The Morgan fingerprint density at radius 2 is 0.823 bits per heavy atom. The van der Waals surface area contributed by atoms with Gasteiger partial charge in [0, 0.05) is 12.8 Å². The number of hydrogen-bond acceptors (Lipinski definition) is 15. The SMILES string of the molecule is CCCCCCCCCCCCCCCCCCCCC(=O)OC(COC(=O)CCCCCCCCCC)COC1OC(COC2OC(CO)C(O)C(O)C2O)C(O)C(O)C1O. The molecule has 15 nitrogen and oxygen atoms in total. The molecule has 11 atom stereocenters. The Bertz CT molecular complexity index is 1100. The fraction of sp³-hybridized carbons (Fsp3) is 0.957. The molecule has 2 aliphatic rings.